The number of ether oxygens (including phenoxy) is 1. The van der Waals surface area contributed by atoms with Gasteiger partial charge in [-0.1, -0.05) is 15.9 Å². The maximum atomic E-state index is 13.0. The molecule has 0 bridgehead atoms. The Kier molecular flexibility index (Phi) is 3.80. The van der Waals surface area contributed by atoms with Crippen LogP contribution in [0.25, 0.3) is 0 Å². The Morgan fingerprint density at radius 2 is 1.74 bits per heavy atom. The third-order valence-electron chi connectivity index (χ3n) is 2.24. The van der Waals surface area contributed by atoms with Crippen LogP contribution in [-0.4, -0.2) is 11.1 Å². The molecular weight excluding hydrogens is 322 g/mol. The molecule has 3 nitrogen and oxygen atoms in total. The Bertz CT molecular complexity index is 624. The summed E-state index contributed by atoms with van der Waals surface area (Å²) < 4.78 is 31.8. The van der Waals surface area contributed by atoms with Crippen molar-refractivity contribution in [1.29, 1.82) is 0 Å². The number of halogens is 3. The van der Waals surface area contributed by atoms with Gasteiger partial charge in [0.25, 0.3) is 0 Å². The van der Waals surface area contributed by atoms with Crippen molar-refractivity contribution in [2.24, 2.45) is 0 Å². The maximum absolute atomic E-state index is 13.0. The van der Waals surface area contributed by atoms with E-state index < -0.39 is 17.6 Å². The van der Waals surface area contributed by atoms with E-state index >= 15 is 0 Å². The molecule has 0 heterocycles. The molecule has 2 rings (SSSR count). The lowest BCUT2D eigenvalue weighted by molar-refractivity contribution is 0.0694. The third-order valence-corrected chi connectivity index (χ3v) is 2.73. The zero-order valence-corrected chi connectivity index (χ0v) is 10.9. The molecule has 2 aromatic rings. The lowest BCUT2D eigenvalue weighted by atomic mass is 10.2. The van der Waals surface area contributed by atoms with Crippen LogP contribution < -0.4 is 4.74 Å². The lowest BCUT2D eigenvalue weighted by Crippen LogP contribution is -2.00. The maximum Gasteiger partial charge on any atom is 0.339 e. The van der Waals surface area contributed by atoms with E-state index in [0.29, 0.717) is 10.5 Å². The molecule has 0 saturated heterocycles. The van der Waals surface area contributed by atoms with Crippen LogP contribution in [0, 0.1) is 11.6 Å². The minimum atomic E-state index is -1.20. The topological polar surface area (TPSA) is 46.5 Å². The van der Waals surface area contributed by atoms with Gasteiger partial charge in [0.1, 0.15) is 28.7 Å². The predicted octanol–water partition coefficient (Wildman–Crippen LogP) is 4.22. The van der Waals surface area contributed by atoms with Crippen molar-refractivity contribution >= 4 is 21.9 Å². The van der Waals surface area contributed by atoms with Crippen LogP contribution in [0.4, 0.5) is 8.78 Å². The SMILES string of the molecule is O=C(O)c1cc(Br)ccc1Oc1cc(F)cc(F)c1. The van der Waals surface area contributed by atoms with E-state index in [2.05, 4.69) is 15.9 Å². The van der Waals surface area contributed by atoms with Crippen molar-refractivity contribution in [3.8, 4) is 11.5 Å². The molecule has 0 fully saturated rings. The number of hydrogen-bond acceptors (Lipinski definition) is 2. The molecule has 1 N–H and O–H groups in total. The molecule has 0 amide bonds. The molecule has 6 heteroatoms. The Balaban J connectivity index is 2.40. The van der Waals surface area contributed by atoms with E-state index in [0.717, 1.165) is 12.1 Å². The zero-order valence-electron chi connectivity index (χ0n) is 9.36. The van der Waals surface area contributed by atoms with E-state index in [1.54, 1.807) is 6.07 Å². The number of rotatable bonds is 3. The number of hydrogen-bond donors (Lipinski definition) is 1. The summed E-state index contributed by atoms with van der Waals surface area (Å²) in [5.74, 6) is -2.91. The highest BCUT2D eigenvalue weighted by atomic mass is 79.9. The van der Waals surface area contributed by atoms with E-state index in [1.807, 2.05) is 0 Å². The van der Waals surface area contributed by atoms with Crippen molar-refractivity contribution in [2.45, 2.75) is 0 Å². The molecule has 0 aromatic heterocycles. The van der Waals surface area contributed by atoms with Crippen LogP contribution in [0.2, 0.25) is 0 Å². The quantitative estimate of drug-likeness (QED) is 0.917. The number of benzene rings is 2. The highest BCUT2D eigenvalue weighted by molar-refractivity contribution is 9.10. The Morgan fingerprint density at radius 3 is 2.32 bits per heavy atom. The molecule has 0 aliphatic heterocycles. The van der Waals surface area contributed by atoms with E-state index in [9.17, 15) is 13.6 Å². The summed E-state index contributed by atoms with van der Waals surface area (Å²) >= 11 is 3.13. The summed E-state index contributed by atoms with van der Waals surface area (Å²) in [4.78, 5) is 11.0. The average molecular weight is 329 g/mol. The highest BCUT2D eigenvalue weighted by Gasteiger charge is 2.13. The van der Waals surface area contributed by atoms with Gasteiger partial charge in [0, 0.05) is 22.7 Å². The summed E-state index contributed by atoms with van der Waals surface area (Å²) in [6, 6.07) is 6.95. The molecule has 0 radical (unpaired) electrons. The first-order valence-electron chi connectivity index (χ1n) is 5.12. The van der Waals surface area contributed by atoms with Crippen LogP contribution in [0.5, 0.6) is 11.5 Å². The molecule has 0 atom stereocenters. The normalized spacial score (nSPS) is 10.3. The van der Waals surface area contributed by atoms with Gasteiger partial charge in [-0.2, -0.15) is 0 Å². The van der Waals surface area contributed by atoms with Gasteiger partial charge in [0.15, 0.2) is 0 Å². The van der Waals surface area contributed by atoms with Crippen LogP contribution in [0.1, 0.15) is 10.4 Å². The first-order chi connectivity index (χ1) is 8.95. The van der Waals surface area contributed by atoms with Gasteiger partial charge in [-0.25, -0.2) is 13.6 Å². The molecule has 0 unspecified atom stereocenters. The molecule has 0 saturated carbocycles. The molecule has 0 aliphatic carbocycles. The predicted molar refractivity (Wildman–Crippen MR) is 67.5 cm³/mol. The van der Waals surface area contributed by atoms with Crippen molar-refractivity contribution in [3.63, 3.8) is 0 Å². The van der Waals surface area contributed by atoms with Gasteiger partial charge >= 0.3 is 5.97 Å². The van der Waals surface area contributed by atoms with Gasteiger partial charge in [-0.05, 0) is 18.2 Å². The third kappa shape index (κ3) is 3.29. The van der Waals surface area contributed by atoms with Gasteiger partial charge in [0.2, 0.25) is 0 Å². The Morgan fingerprint density at radius 1 is 1.11 bits per heavy atom. The number of aromatic carboxylic acids is 1. The number of carbonyl (C=O) groups is 1. The Hall–Kier alpha value is -1.95. The fourth-order valence-corrected chi connectivity index (χ4v) is 1.83. The summed E-state index contributed by atoms with van der Waals surface area (Å²) in [6.07, 6.45) is 0. The van der Waals surface area contributed by atoms with Crippen LogP contribution in [0.15, 0.2) is 40.9 Å². The first kappa shape index (κ1) is 13.5. The first-order valence-corrected chi connectivity index (χ1v) is 5.92. The van der Waals surface area contributed by atoms with Gasteiger partial charge < -0.3 is 9.84 Å². The minimum absolute atomic E-state index is 0.000648. The zero-order chi connectivity index (χ0) is 14.0. The largest absolute Gasteiger partial charge is 0.478 e. The van der Waals surface area contributed by atoms with Gasteiger partial charge in [-0.3, -0.25) is 0 Å². The second kappa shape index (κ2) is 5.36. The van der Waals surface area contributed by atoms with Crippen molar-refractivity contribution in [2.75, 3.05) is 0 Å². The summed E-state index contributed by atoms with van der Waals surface area (Å²) in [7, 11) is 0. The van der Waals surface area contributed by atoms with Crippen molar-refractivity contribution < 1.29 is 23.4 Å². The summed E-state index contributed by atoms with van der Waals surface area (Å²) in [5.41, 5.74) is -0.112. The highest BCUT2D eigenvalue weighted by Crippen LogP contribution is 2.29. The molecule has 19 heavy (non-hydrogen) atoms. The summed E-state index contributed by atoms with van der Waals surface area (Å²) in [5, 5.41) is 9.03. The number of carboxylic acids is 1. The van der Waals surface area contributed by atoms with Crippen LogP contribution in [-0.2, 0) is 0 Å². The molecule has 2 aromatic carbocycles. The summed E-state index contributed by atoms with van der Waals surface area (Å²) in [6.45, 7) is 0. The molecule has 98 valence electrons. The lowest BCUT2D eigenvalue weighted by Gasteiger charge is -2.09. The van der Waals surface area contributed by atoms with E-state index in [4.69, 9.17) is 9.84 Å². The molecule has 0 spiro atoms. The fraction of sp³-hybridized carbons (Fsp3) is 0. The second-order valence-corrected chi connectivity index (χ2v) is 4.57. The van der Waals surface area contributed by atoms with Crippen molar-refractivity contribution in [3.05, 3.63) is 58.1 Å². The van der Waals surface area contributed by atoms with Gasteiger partial charge in [0.05, 0.1) is 0 Å². The van der Waals surface area contributed by atoms with E-state index in [1.165, 1.54) is 12.1 Å². The minimum Gasteiger partial charge on any atom is -0.478 e. The fourth-order valence-electron chi connectivity index (χ4n) is 1.47. The smallest absolute Gasteiger partial charge is 0.339 e. The van der Waals surface area contributed by atoms with Crippen LogP contribution in [0.3, 0.4) is 0 Å². The Labute approximate surface area is 115 Å². The molecular formula is C13H7BrF2O3. The standard InChI is InChI=1S/C13H7BrF2O3/c14-7-1-2-12(11(3-7)13(17)18)19-10-5-8(15)4-9(16)6-10/h1-6H,(H,17,18). The second-order valence-electron chi connectivity index (χ2n) is 3.65. The van der Waals surface area contributed by atoms with Gasteiger partial charge in [-0.15, -0.1) is 0 Å². The van der Waals surface area contributed by atoms with Crippen LogP contribution >= 0.6 is 15.9 Å². The monoisotopic (exact) mass is 328 g/mol. The average Bonchev–Trinajstić information content (AvgIpc) is 2.30. The van der Waals surface area contributed by atoms with Crippen molar-refractivity contribution in [1.82, 2.24) is 0 Å². The van der Waals surface area contributed by atoms with E-state index in [-0.39, 0.29) is 17.1 Å². The number of carboxylic acid groups (broad SMARTS) is 1. The molecule has 0 aliphatic rings.